The zero-order chi connectivity index (χ0) is 15.2. The predicted molar refractivity (Wildman–Crippen MR) is 78.7 cm³/mol. The average molecular weight is 312 g/mol. The van der Waals surface area contributed by atoms with E-state index >= 15 is 0 Å². The third-order valence-electron chi connectivity index (χ3n) is 4.27. The number of aromatic amines is 1. The molecule has 1 saturated carbocycles. The second-order valence-corrected chi connectivity index (χ2v) is 8.05. The van der Waals surface area contributed by atoms with Crippen LogP contribution in [0, 0.1) is 0 Å². The van der Waals surface area contributed by atoms with Gasteiger partial charge in [-0.15, -0.1) is 0 Å². The molecule has 1 amide bonds. The van der Waals surface area contributed by atoms with E-state index in [1.165, 1.54) is 0 Å². The highest BCUT2D eigenvalue weighted by molar-refractivity contribution is 7.91. The number of nitrogens with two attached hydrogens (primary N) is 1. The van der Waals surface area contributed by atoms with Crippen molar-refractivity contribution in [2.45, 2.75) is 38.1 Å². The monoisotopic (exact) mass is 312 g/mol. The average Bonchev–Trinajstić information content (AvgIpc) is 3.10. The van der Waals surface area contributed by atoms with Gasteiger partial charge >= 0.3 is 0 Å². The number of carbonyl (C=O) groups excluding carboxylic acids is 1. The summed E-state index contributed by atoms with van der Waals surface area (Å²) in [7, 11) is -3.03. The number of hydrogen-bond donors (Lipinski definition) is 2. The van der Waals surface area contributed by atoms with Gasteiger partial charge in [0.15, 0.2) is 15.5 Å². The number of carbonyl (C=O) groups is 1. The number of sulfone groups is 1. The summed E-state index contributed by atoms with van der Waals surface area (Å²) in [5.74, 6) is 0.290. The molecule has 21 heavy (non-hydrogen) atoms. The molecule has 1 aliphatic heterocycles. The molecule has 2 fully saturated rings. The summed E-state index contributed by atoms with van der Waals surface area (Å²) in [4.78, 5) is 14.2. The highest BCUT2D eigenvalue weighted by atomic mass is 32.2. The fraction of sp³-hybridized carbons (Fsp3) is 0.692. The van der Waals surface area contributed by atoms with E-state index in [1.54, 1.807) is 4.90 Å². The van der Waals surface area contributed by atoms with Crippen LogP contribution in [0.15, 0.2) is 0 Å². The van der Waals surface area contributed by atoms with Gasteiger partial charge in [0.25, 0.3) is 5.91 Å². The second kappa shape index (κ2) is 5.01. The Morgan fingerprint density at radius 2 is 2.14 bits per heavy atom. The number of anilines is 1. The van der Waals surface area contributed by atoms with Crippen LogP contribution in [-0.2, 0) is 9.84 Å². The Hall–Kier alpha value is -1.57. The molecule has 3 N–H and O–H groups in total. The van der Waals surface area contributed by atoms with Crippen molar-refractivity contribution in [3.63, 3.8) is 0 Å². The Morgan fingerprint density at radius 3 is 2.67 bits per heavy atom. The molecule has 7 nitrogen and oxygen atoms in total. The van der Waals surface area contributed by atoms with Gasteiger partial charge in [0, 0.05) is 18.5 Å². The van der Waals surface area contributed by atoms with Crippen molar-refractivity contribution in [2.24, 2.45) is 0 Å². The third kappa shape index (κ3) is 2.64. The molecule has 0 aromatic carbocycles. The predicted octanol–water partition coefficient (Wildman–Crippen LogP) is 0.518. The summed E-state index contributed by atoms with van der Waals surface area (Å²) >= 11 is 0. The van der Waals surface area contributed by atoms with Crippen LogP contribution in [0.1, 0.15) is 48.3 Å². The van der Waals surface area contributed by atoms with Gasteiger partial charge < -0.3 is 10.6 Å². The Morgan fingerprint density at radius 1 is 1.43 bits per heavy atom. The van der Waals surface area contributed by atoms with Gasteiger partial charge in [-0.05, 0) is 26.2 Å². The number of rotatable bonds is 4. The van der Waals surface area contributed by atoms with Crippen molar-refractivity contribution in [1.29, 1.82) is 0 Å². The van der Waals surface area contributed by atoms with Crippen LogP contribution in [0.3, 0.4) is 0 Å². The lowest BCUT2D eigenvalue weighted by Crippen LogP contribution is -2.41. The molecule has 0 radical (unpaired) electrons. The van der Waals surface area contributed by atoms with Crippen molar-refractivity contribution < 1.29 is 13.2 Å². The lowest BCUT2D eigenvalue weighted by molar-refractivity contribution is 0.0703. The number of nitrogens with zero attached hydrogens (tertiary/aromatic N) is 2. The molecule has 1 saturated heterocycles. The summed E-state index contributed by atoms with van der Waals surface area (Å²) in [6.07, 6.45) is 2.62. The number of hydrogen-bond acceptors (Lipinski definition) is 5. The van der Waals surface area contributed by atoms with Gasteiger partial charge in [-0.1, -0.05) is 0 Å². The molecular weight excluding hydrogens is 292 g/mol. The molecule has 1 aliphatic carbocycles. The van der Waals surface area contributed by atoms with Crippen molar-refractivity contribution in [2.75, 3.05) is 23.8 Å². The molecule has 1 aromatic heterocycles. The van der Waals surface area contributed by atoms with Gasteiger partial charge in [-0.2, -0.15) is 5.10 Å². The second-order valence-electron chi connectivity index (χ2n) is 5.82. The molecule has 0 spiro atoms. The van der Waals surface area contributed by atoms with Crippen LogP contribution >= 0.6 is 0 Å². The Labute approximate surface area is 123 Å². The summed E-state index contributed by atoms with van der Waals surface area (Å²) in [5.41, 5.74) is 7.51. The minimum Gasteiger partial charge on any atom is -0.395 e. The van der Waals surface area contributed by atoms with Crippen LogP contribution in [0.4, 0.5) is 5.69 Å². The first-order valence-electron chi connectivity index (χ1n) is 7.28. The largest absolute Gasteiger partial charge is 0.395 e. The quantitative estimate of drug-likeness (QED) is 0.842. The lowest BCUT2D eigenvalue weighted by atomic mass is 10.1. The smallest absolute Gasteiger partial charge is 0.276 e. The van der Waals surface area contributed by atoms with Gasteiger partial charge in [0.2, 0.25) is 0 Å². The van der Waals surface area contributed by atoms with Crippen molar-refractivity contribution in [1.82, 2.24) is 15.1 Å². The molecule has 8 heteroatoms. The van der Waals surface area contributed by atoms with E-state index < -0.39 is 9.84 Å². The Bertz CT molecular complexity index is 663. The van der Waals surface area contributed by atoms with E-state index in [0.29, 0.717) is 24.6 Å². The van der Waals surface area contributed by atoms with Crippen LogP contribution in [0.2, 0.25) is 0 Å². The minimum absolute atomic E-state index is 0.0341. The first-order chi connectivity index (χ1) is 9.93. The van der Waals surface area contributed by atoms with Crippen molar-refractivity contribution >= 4 is 21.4 Å². The van der Waals surface area contributed by atoms with Crippen LogP contribution in [0.5, 0.6) is 0 Å². The number of H-pyrrole nitrogens is 1. The van der Waals surface area contributed by atoms with E-state index in [4.69, 9.17) is 5.73 Å². The summed E-state index contributed by atoms with van der Waals surface area (Å²) in [5, 5.41) is 6.92. The van der Waals surface area contributed by atoms with Crippen LogP contribution in [-0.4, -0.2) is 53.5 Å². The molecule has 0 bridgehead atoms. The molecule has 1 aromatic rings. The maximum absolute atomic E-state index is 12.6. The Balaban J connectivity index is 1.82. The molecule has 3 rings (SSSR count). The van der Waals surface area contributed by atoms with E-state index in [-0.39, 0.29) is 29.1 Å². The van der Waals surface area contributed by atoms with Crippen molar-refractivity contribution in [3.8, 4) is 0 Å². The zero-order valence-electron chi connectivity index (χ0n) is 12.0. The molecule has 116 valence electrons. The van der Waals surface area contributed by atoms with Crippen LogP contribution in [0.25, 0.3) is 0 Å². The first kappa shape index (κ1) is 14.4. The summed E-state index contributed by atoms with van der Waals surface area (Å²) in [6, 6.07) is -0.270. The standard InChI is InChI=1S/C13H20N4O3S/c1-2-17(9-5-6-21(19,20)7-9)13(18)12-10(14)11(15-16-12)8-3-4-8/h8-9H,2-7,14H2,1H3,(H,15,16). The van der Waals surface area contributed by atoms with Crippen molar-refractivity contribution in [3.05, 3.63) is 11.4 Å². The normalized spacial score (nSPS) is 24.1. The maximum Gasteiger partial charge on any atom is 0.276 e. The highest BCUT2D eigenvalue weighted by Gasteiger charge is 2.37. The number of amides is 1. The zero-order valence-corrected chi connectivity index (χ0v) is 12.8. The number of nitrogen functional groups attached to an aromatic ring is 1. The van der Waals surface area contributed by atoms with E-state index in [1.807, 2.05) is 6.92 Å². The summed E-state index contributed by atoms with van der Waals surface area (Å²) in [6.45, 7) is 2.29. The Kier molecular flexibility index (Phi) is 3.43. The number of nitrogens with one attached hydrogen (secondary N) is 1. The third-order valence-corrected chi connectivity index (χ3v) is 6.02. The topological polar surface area (TPSA) is 109 Å². The van der Waals surface area contributed by atoms with E-state index in [2.05, 4.69) is 10.2 Å². The lowest BCUT2D eigenvalue weighted by Gasteiger charge is -2.26. The SMILES string of the molecule is CCN(C(=O)c1n[nH]c(C2CC2)c1N)C1CCS(=O)(=O)C1. The maximum atomic E-state index is 12.6. The van der Waals surface area contributed by atoms with Crippen LogP contribution < -0.4 is 5.73 Å². The van der Waals surface area contributed by atoms with Gasteiger partial charge in [-0.3, -0.25) is 9.89 Å². The van der Waals surface area contributed by atoms with E-state index in [9.17, 15) is 13.2 Å². The fourth-order valence-corrected chi connectivity index (χ4v) is 4.67. The fourth-order valence-electron chi connectivity index (χ4n) is 2.94. The molecule has 2 aliphatic rings. The van der Waals surface area contributed by atoms with Gasteiger partial charge in [0.05, 0.1) is 22.9 Å². The molecule has 2 heterocycles. The van der Waals surface area contributed by atoms with E-state index in [0.717, 1.165) is 18.5 Å². The molecule has 1 unspecified atom stereocenters. The number of aromatic nitrogens is 2. The van der Waals surface area contributed by atoms with Gasteiger partial charge in [-0.25, -0.2) is 8.42 Å². The summed E-state index contributed by atoms with van der Waals surface area (Å²) < 4.78 is 23.2. The highest BCUT2D eigenvalue weighted by Crippen LogP contribution is 2.42. The minimum atomic E-state index is -3.03. The first-order valence-corrected chi connectivity index (χ1v) is 9.10. The van der Waals surface area contributed by atoms with Gasteiger partial charge in [0.1, 0.15) is 0 Å². The molecule has 1 atom stereocenters. The molecular formula is C13H20N4O3S.